The summed E-state index contributed by atoms with van der Waals surface area (Å²) in [6, 6.07) is 0. The van der Waals surface area contributed by atoms with Crippen molar-refractivity contribution in [2.45, 2.75) is 73.3 Å². The highest BCUT2D eigenvalue weighted by Crippen LogP contribution is 2.34. The molecule has 1 aliphatic heterocycles. The summed E-state index contributed by atoms with van der Waals surface area (Å²) in [6.45, 7) is 16.6. The van der Waals surface area contributed by atoms with Crippen LogP contribution in [0.3, 0.4) is 0 Å². The molecule has 4 atom stereocenters. The first-order valence-electron chi connectivity index (χ1n) is 5.95. The minimum atomic E-state index is -0.573. The predicted octanol–water partition coefficient (Wildman–Crippen LogP) is 4.11. The van der Waals surface area contributed by atoms with Crippen molar-refractivity contribution in [3.8, 4) is 0 Å². The lowest BCUT2D eigenvalue weighted by Crippen LogP contribution is -2.12. The first-order valence-corrected chi connectivity index (χ1v) is 7.22. The third kappa shape index (κ3) is 6.07. The third-order valence-electron chi connectivity index (χ3n) is 3.04. The fourth-order valence-corrected chi connectivity index (χ4v) is 3.64. The molecule has 0 saturated carbocycles. The second-order valence-corrected chi connectivity index (χ2v) is 5.60. The lowest BCUT2D eigenvalue weighted by molar-refractivity contribution is 0.413. The first kappa shape index (κ1) is 25.2. The quantitative estimate of drug-likeness (QED) is 0.589. The smallest absolute Gasteiger partial charge is 0.0351 e. The zero-order valence-electron chi connectivity index (χ0n) is 11.7. The van der Waals surface area contributed by atoms with Gasteiger partial charge < -0.3 is 0 Å². The molecule has 1 heterocycles. The van der Waals surface area contributed by atoms with Crippen molar-refractivity contribution < 1.29 is 4.21 Å². The average Bonchev–Trinajstić information content (AvgIpc) is 2.42. The van der Waals surface area contributed by atoms with Crippen LogP contribution in [0.2, 0.25) is 0 Å². The van der Waals surface area contributed by atoms with Crippen LogP contribution in [-0.4, -0.2) is 23.1 Å². The molecule has 16 heavy (non-hydrogen) atoms. The molecule has 99 valence electrons. The topological polar surface area (TPSA) is 17.1 Å². The van der Waals surface area contributed by atoms with Gasteiger partial charge in [-0.25, -0.2) is 0 Å². The van der Waals surface area contributed by atoms with Crippen LogP contribution in [0.15, 0.2) is 0 Å². The Morgan fingerprint density at radius 1 is 0.750 bits per heavy atom. The maximum atomic E-state index is 11.4. The molecular weight excluding hydrogens is 215 g/mol. The van der Waals surface area contributed by atoms with Crippen molar-refractivity contribution in [3.05, 3.63) is 0 Å². The van der Waals surface area contributed by atoms with Gasteiger partial charge in [0.1, 0.15) is 0 Å². The fourth-order valence-electron chi connectivity index (χ4n) is 1.62. The molecule has 4 unspecified atom stereocenters. The summed E-state index contributed by atoms with van der Waals surface area (Å²) in [5, 5.41) is 0.815. The summed E-state index contributed by atoms with van der Waals surface area (Å²) in [5.41, 5.74) is 0. The second-order valence-electron chi connectivity index (χ2n) is 3.46. The van der Waals surface area contributed by atoms with E-state index in [0.29, 0.717) is 22.3 Å². The van der Waals surface area contributed by atoms with Crippen LogP contribution < -0.4 is 0 Å². The largest absolute Gasteiger partial charge is 0.259 e. The van der Waals surface area contributed by atoms with Crippen LogP contribution >= 0.6 is 0 Å². The van der Waals surface area contributed by atoms with E-state index in [1.165, 1.54) is 0 Å². The highest BCUT2D eigenvalue weighted by molar-refractivity contribution is 7.86. The third-order valence-corrected chi connectivity index (χ3v) is 5.37. The van der Waals surface area contributed by atoms with Crippen molar-refractivity contribution in [1.29, 1.82) is 0 Å². The minimum absolute atomic E-state index is 0. The maximum Gasteiger partial charge on any atom is 0.0351 e. The lowest BCUT2D eigenvalue weighted by Gasteiger charge is -2.11. The highest BCUT2D eigenvalue weighted by Gasteiger charge is 2.38. The average molecular weight is 247 g/mol. The number of hydrogen-bond acceptors (Lipinski definition) is 1. The molecule has 0 amide bonds. The van der Waals surface area contributed by atoms with E-state index in [4.69, 9.17) is 0 Å². The lowest BCUT2D eigenvalue weighted by atomic mass is 9.92. The Balaban J connectivity index is -0.000000109. The van der Waals surface area contributed by atoms with Gasteiger partial charge >= 0.3 is 0 Å². The molecule has 0 spiro atoms. The zero-order chi connectivity index (χ0) is 11.9. The van der Waals surface area contributed by atoms with Crippen molar-refractivity contribution in [2.24, 2.45) is 11.8 Å². The summed E-state index contributed by atoms with van der Waals surface area (Å²) in [7, 11) is -0.573. The van der Waals surface area contributed by atoms with E-state index in [1.54, 1.807) is 0 Å². The Morgan fingerprint density at radius 2 is 0.938 bits per heavy atom. The Hall–Kier alpha value is 0.215. The van der Waals surface area contributed by atoms with E-state index in [1.807, 2.05) is 27.7 Å². The van der Waals surface area contributed by atoms with E-state index >= 15 is 0 Å². The van der Waals surface area contributed by atoms with Crippen molar-refractivity contribution in [3.63, 3.8) is 0 Å². The van der Waals surface area contributed by atoms with Crippen LogP contribution in [0.4, 0.5) is 0 Å². The normalized spacial score (nSPS) is 35.4. The summed E-state index contributed by atoms with van der Waals surface area (Å²) < 4.78 is 11.4. The molecule has 0 aromatic carbocycles. The predicted molar refractivity (Wildman–Crippen MR) is 80.6 cm³/mol. The molecule has 1 rings (SSSR count). The molecule has 3 radical (unpaired) electrons. The minimum Gasteiger partial charge on any atom is -0.259 e. The Labute approximate surface area is 109 Å². The molecule has 0 bridgehead atoms. The SMILES string of the molecule is C.CC.CC.CC1C(C)C(C)S(=O)C1C.[B]. The standard InChI is InChI=1S/C8H16OS.2C2H6.CH4.B/c1-5-6(2)8(4)10(9)7(5)3;2*1-2;;/h5-8H,1-4H3;2*1-2H3;1H4;. The molecule has 3 heteroatoms. The fraction of sp³-hybridized carbons (Fsp3) is 1.00. The monoisotopic (exact) mass is 247 g/mol. The van der Waals surface area contributed by atoms with E-state index < -0.39 is 10.8 Å². The molecule has 0 aromatic rings. The zero-order valence-corrected chi connectivity index (χ0v) is 12.5. The van der Waals surface area contributed by atoms with Gasteiger partial charge in [0.2, 0.25) is 0 Å². The van der Waals surface area contributed by atoms with E-state index in [0.717, 1.165) is 0 Å². The van der Waals surface area contributed by atoms with Gasteiger partial charge in [-0.2, -0.15) is 0 Å². The van der Waals surface area contributed by atoms with Gasteiger partial charge in [0.05, 0.1) is 0 Å². The molecule has 1 saturated heterocycles. The van der Waals surface area contributed by atoms with Crippen LogP contribution in [-0.2, 0) is 10.8 Å². The molecular formula is C13H32BOS. The van der Waals surface area contributed by atoms with E-state index in [2.05, 4.69) is 27.7 Å². The number of rotatable bonds is 0. The molecule has 1 nitrogen and oxygen atoms in total. The molecule has 0 aliphatic carbocycles. The molecule has 1 fully saturated rings. The van der Waals surface area contributed by atoms with Crippen LogP contribution in [0.5, 0.6) is 0 Å². The van der Waals surface area contributed by atoms with Gasteiger partial charge in [0.25, 0.3) is 0 Å². The van der Waals surface area contributed by atoms with Crippen LogP contribution in [0, 0.1) is 11.8 Å². The maximum absolute atomic E-state index is 11.4. The van der Waals surface area contributed by atoms with Crippen molar-refractivity contribution in [1.82, 2.24) is 0 Å². The second kappa shape index (κ2) is 13.3. The van der Waals surface area contributed by atoms with Gasteiger partial charge in [-0.1, -0.05) is 62.8 Å². The van der Waals surface area contributed by atoms with Gasteiger partial charge in [0.15, 0.2) is 0 Å². The summed E-state index contributed by atoms with van der Waals surface area (Å²) in [6.07, 6.45) is 0. The van der Waals surface area contributed by atoms with Gasteiger partial charge in [0, 0.05) is 29.7 Å². The van der Waals surface area contributed by atoms with E-state index in [9.17, 15) is 4.21 Å². The van der Waals surface area contributed by atoms with Gasteiger partial charge in [-0.3, -0.25) is 4.21 Å². The first-order chi connectivity index (χ1) is 6.55. The van der Waals surface area contributed by atoms with Gasteiger partial charge in [-0.05, 0) is 11.8 Å². The van der Waals surface area contributed by atoms with Crippen LogP contribution in [0.1, 0.15) is 62.8 Å². The number of hydrogen-bond donors (Lipinski definition) is 0. The Kier molecular flexibility index (Phi) is 20.9. The Bertz CT molecular complexity index is 146. The summed E-state index contributed by atoms with van der Waals surface area (Å²) in [5.74, 6) is 1.27. The molecule has 1 aliphatic rings. The summed E-state index contributed by atoms with van der Waals surface area (Å²) in [4.78, 5) is 0. The Morgan fingerprint density at radius 3 is 1.00 bits per heavy atom. The van der Waals surface area contributed by atoms with Crippen molar-refractivity contribution >= 4 is 19.2 Å². The highest BCUT2D eigenvalue weighted by atomic mass is 32.2. The van der Waals surface area contributed by atoms with Crippen molar-refractivity contribution in [2.75, 3.05) is 0 Å². The molecule has 0 aromatic heterocycles. The van der Waals surface area contributed by atoms with E-state index in [-0.39, 0.29) is 15.8 Å². The summed E-state index contributed by atoms with van der Waals surface area (Å²) >= 11 is 0. The van der Waals surface area contributed by atoms with Gasteiger partial charge in [-0.15, -0.1) is 0 Å². The molecule has 0 N–H and O–H groups in total. The van der Waals surface area contributed by atoms with Crippen LogP contribution in [0.25, 0.3) is 0 Å².